The molecule has 0 amide bonds. The molecule has 0 N–H and O–H groups in total. The summed E-state index contributed by atoms with van der Waals surface area (Å²) in [6.07, 6.45) is 4.63. The van der Waals surface area contributed by atoms with Crippen LogP contribution in [0.1, 0.15) is 51.2 Å². The van der Waals surface area contributed by atoms with Crippen molar-refractivity contribution in [1.82, 2.24) is 0 Å². The maximum Gasteiger partial charge on any atom is 0.0440 e. The highest BCUT2D eigenvalue weighted by Gasteiger charge is 2.35. The molecule has 3 atom stereocenters. The van der Waals surface area contributed by atoms with Gasteiger partial charge in [-0.2, -0.15) is 0 Å². The molecule has 0 bridgehead atoms. The minimum absolute atomic E-state index is 0.297. The molecule has 0 saturated heterocycles. The van der Waals surface area contributed by atoms with Crippen LogP contribution in [0.4, 0.5) is 0 Å². The summed E-state index contributed by atoms with van der Waals surface area (Å²) in [5.41, 5.74) is 2.85. The number of alkyl halides is 1. The molecule has 3 unspecified atom stereocenters. The monoisotopic (exact) mass is 312 g/mol. The average molecular weight is 313 g/mol. The normalized spacial score (nSPS) is 27.6. The van der Waals surface area contributed by atoms with Gasteiger partial charge in [0.25, 0.3) is 0 Å². The van der Waals surface area contributed by atoms with Gasteiger partial charge in [-0.3, -0.25) is 0 Å². The maximum absolute atomic E-state index is 6.59. The lowest BCUT2D eigenvalue weighted by molar-refractivity contribution is 0.144. The molecule has 2 heteroatoms. The zero-order chi connectivity index (χ0) is 14.9. The first-order valence-electron chi connectivity index (χ1n) is 7.66. The van der Waals surface area contributed by atoms with Crippen molar-refractivity contribution < 1.29 is 0 Å². The lowest BCUT2D eigenvalue weighted by atomic mass is 9.68. The standard InChI is InChI=1S/C18H26Cl2/c1-12-5-6-13(17(20)9-12)10-14-11-15(18(2,3)4)7-8-16(14)19/h5-6,9,14-16H,7-8,10-11H2,1-4H3. The summed E-state index contributed by atoms with van der Waals surface area (Å²) in [6.45, 7) is 9.13. The van der Waals surface area contributed by atoms with Crippen molar-refractivity contribution in [3.8, 4) is 0 Å². The van der Waals surface area contributed by atoms with Crippen LogP contribution in [-0.4, -0.2) is 5.38 Å². The molecule has 0 spiro atoms. The minimum atomic E-state index is 0.297. The zero-order valence-electron chi connectivity index (χ0n) is 13.0. The first-order valence-corrected chi connectivity index (χ1v) is 8.48. The summed E-state index contributed by atoms with van der Waals surface area (Å²) in [7, 11) is 0. The van der Waals surface area contributed by atoms with E-state index in [1.165, 1.54) is 24.0 Å². The van der Waals surface area contributed by atoms with E-state index in [0.717, 1.165) is 23.8 Å². The van der Waals surface area contributed by atoms with Crippen molar-refractivity contribution in [2.45, 2.75) is 58.8 Å². The number of halogens is 2. The van der Waals surface area contributed by atoms with Crippen LogP contribution in [0, 0.1) is 24.2 Å². The third-order valence-corrected chi connectivity index (χ3v) is 5.73. The van der Waals surface area contributed by atoms with Gasteiger partial charge in [-0.1, -0.05) is 44.5 Å². The molecule has 20 heavy (non-hydrogen) atoms. The Morgan fingerprint density at radius 2 is 1.90 bits per heavy atom. The minimum Gasteiger partial charge on any atom is -0.123 e. The second-order valence-electron chi connectivity index (χ2n) is 7.45. The summed E-state index contributed by atoms with van der Waals surface area (Å²) in [5.74, 6) is 1.32. The summed E-state index contributed by atoms with van der Waals surface area (Å²) in [6, 6.07) is 6.38. The first-order chi connectivity index (χ1) is 9.27. The van der Waals surface area contributed by atoms with Crippen molar-refractivity contribution in [2.75, 3.05) is 0 Å². The molecule has 2 rings (SSSR count). The van der Waals surface area contributed by atoms with Gasteiger partial charge in [0.15, 0.2) is 0 Å². The third-order valence-electron chi connectivity index (χ3n) is 4.81. The number of hydrogen-bond donors (Lipinski definition) is 0. The number of hydrogen-bond acceptors (Lipinski definition) is 0. The number of aryl methyl sites for hydroxylation is 1. The Balaban J connectivity index is 2.10. The fraction of sp³-hybridized carbons (Fsp3) is 0.667. The lowest BCUT2D eigenvalue weighted by Gasteiger charge is -2.40. The summed E-state index contributed by atoms with van der Waals surface area (Å²) in [4.78, 5) is 0. The molecule has 1 aromatic carbocycles. The maximum atomic E-state index is 6.59. The summed E-state index contributed by atoms with van der Waals surface area (Å²) in [5, 5.41) is 1.19. The van der Waals surface area contributed by atoms with Gasteiger partial charge in [0.05, 0.1) is 0 Å². The number of rotatable bonds is 2. The molecule has 0 heterocycles. The van der Waals surface area contributed by atoms with Gasteiger partial charge in [0.1, 0.15) is 0 Å². The predicted molar refractivity (Wildman–Crippen MR) is 89.8 cm³/mol. The average Bonchev–Trinajstić information content (AvgIpc) is 2.33. The molecule has 1 fully saturated rings. The second kappa shape index (κ2) is 6.28. The van der Waals surface area contributed by atoms with Crippen LogP contribution in [0.5, 0.6) is 0 Å². The molecule has 1 saturated carbocycles. The Labute approximate surface area is 133 Å². The van der Waals surface area contributed by atoms with Crippen LogP contribution < -0.4 is 0 Å². The molecule has 1 aromatic rings. The third kappa shape index (κ3) is 3.92. The van der Waals surface area contributed by atoms with E-state index in [2.05, 4.69) is 45.9 Å². The Kier molecular flexibility index (Phi) is 5.08. The Morgan fingerprint density at radius 3 is 2.50 bits per heavy atom. The molecular weight excluding hydrogens is 287 g/mol. The highest BCUT2D eigenvalue weighted by molar-refractivity contribution is 6.31. The zero-order valence-corrected chi connectivity index (χ0v) is 14.6. The van der Waals surface area contributed by atoms with Gasteiger partial charge in [-0.05, 0) is 67.1 Å². The molecule has 112 valence electrons. The highest BCUT2D eigenvalue weighted by Crippen LogP contribution is 2.43. The van der Waals surface area contributed by atoms with E-state index in [-0.39, 0.29) is 0 Å². The number of benzene rings is 1. The van der Waals surface area contributed by atoms with E-state index in [1.54, 1.807) is 0 Å². The topological polar surface area (TPSA) is 0 Å². The fourth-order valence-corrected chi connectivity index (χ4v) is 3.96. The fourth-order valence-electron chi connectivity index (χ4n) is 3.33. The lowest BCUT2D eigenvalue weighted by Crippen LogP contribution is -2.33. The first kappa shape index (κ1) is 16.2. The van der Waals surface area contributed by atoms with Crippen molar-refractivity contribution in [2.24, 2.45) is 17.3 Å². The van der Waals surface area contributed by atoms with Crippen LogP contribution in [0.25, 0.3) is 0 Å². The van der Waals surface area contributed by atoms with E-state index in [0.29, 0.717) is 16.7 Å². The Bertz CT molecular complexity index is 459. The van der Waals surface area contributed by atoms with Crippen molar-refractivity contribution in [3.05, 3.63) is 34.3 Å². The summed E-state index contributed by atoms with van der Waals surface area (Å²) < 4.78 is 0. The second-order valence-corrected chi connectivity index (χ2v) is 8.42. The van der Waals surface area contributed by atoms with E-state index in [9.17, 15) is 0 Å². The van der Waals surface area contributed by atoms with E-state index in [4.69, 9.17) is 23.2 Å². The van der Waals surface area contributed by atoms with Gasteiger partial charge in [0.2, 0.25) is 0 Å². The molecule has 0 aliphatic heterocycles. The van der Waals surface area contributed by atoms with Crippen LogP contribution in [0.15, 0.2) is 18.2 Å². The Hall–Kier alpha value is -0.200. The van der Waals surface area contributed by atoms with Crippen molar-refractivity contribution in [1.29, 1.82) is 0 Å². The van der Waals surface area contributed by atoms with E-state index >= 15 is 0 Å². The smallest absolute Gasteiger partial charge is 0.0440 e. The van der Waals surface area contributed by atoms with Crippen molar-refractivity contribution >= 4 is 23.2 Å². The molecule has 0 radical (unpaired) electrons. The van der Waals surface area contributed by atoms with E-state index < -0.39 is 0 Å². The summed E-state index contributed by atoms with van der Waals surface area (Å²) >= 11 is 13.0. The highest BCUT2D eigenvalue weighted by atomic mass is 35.5. The van der Waals surface area contributed by atoms with E-state index in [1.807, 2.05) is 0 Å². The molecule has 0 aromatic heterocycles. The predicted octanol–water partition coefficient (Wildman–Crippen LogP) is 6.26. The largest absolute Gasteiger partial charge is 0.123 e. The van der Waals surface area contributed by atoms with Gasteiger partial charge in [-0.25, -0.2) is 0 Å². The SMILES string of the molecule is Cc1ccc(CC2CC(C(C)(C)C)CCC2Cl)c(Cl)c1. The quantitative estimate of drug-likeness (QED) is 0.565. The molecule has 1 aliphatic carbocycles. The van der Waals surface area contributed by atoms with Crippen LogP contribution in [-0.2, 0) is 6.42 Å². The van der Waals surface area contributed by atoms with Crippen LogP contribution in [0.3, 0.4) is 0 Å². The van der Waals surface area contributed by atoms with Gasteiger partial charge in [0, 0.05) is 10.4 Å². The molecular formula is C18H26Cl2. The van der Waals surface area contributed by atoms with Crippen LogP contribution in [0.2, 0.25) is 5.02 Å². The Morgan fingerprint density at radius 1 is 1.20 bits per heavy atom. The van der Waals surface area contributed by atoms with Crippen LogP contribution >= 0.6 is 23.2 Å². The van der Waals surface area contributed by atoms with Gasteiger partial charge in [-0.15, -0.1) is 11.6 Å². The molecule has 0 nitrogen and oxygen atoms in total. The van der Waals surface area contributed by atoms with Gasteiger partial charge >= 0.3 is 0 Å². The molecule has 1 aliphatic rings. The van der Waals surface area contributed by atoms with Crippen molar-refractivity contribution in [3.63, 3.8) is 0 Å². The van der Waals surface area contributed by atoms with Gasteiger partial charge < -0.3 is 0 Å².